The molecule has 8 atom stereocenters. The number of fused-ring (bicyclic) bond motifs is 6. The maximum atomic E-state index is 3.99. The normalized spacial score (nSPS) is 35.3. The molecule has 2 fully saturated rings. The molecule has 2 heteroatoms. The van der Waals surface area contributed by atoms with E-state index in [2.05, 4.69) is 138 Å². The zero-order chi connectivity index (χ0) is 36.0. The van der Waals surface area contributed by atoms with Gasteiger partial charge in [0, 0.05) is 42.8 Å². The van der Waals surface area contributed by atoms with Crippen molar-refractivity contribution in [2.75, 3.05) is 13.1 Å². The summed E-state index contributed by atoms with van der Waals surface area (Å²) in [5.41, 5.74) is 17.6. The van der Waals surface area contributed by atoms with Crippen molar-refractivity contribution in [1.82, 2.24) is 10.2 Å². The summed E-state index contributed by atoms with van der Waals surface area (Å²) in [5.74, 6) is 2.68. The van der Waals surface area contributed by atoms with Crippen molar-refractivity contribution in [3.8, 4) is 0 Å². The van der Waals surface area contributed by atoms with E-state index in [0.29, 0.717) is 47.7 Å². The fourth-order valence-electron chi connectivity index (χ4n) is 12.7. The van der Waals surface area contributed by atoms with E-state index < -0.39 is 0 Å². The SMILES string of the molecule is C1=CC(C2CN3CCC=CC3N2)CC(C2=CC=C3C4C(=CC=CC24)C2C(C4=CC=C5C=CCCC5C4)=c4ccccc4=C(C4=CC5=C(C=CCC5)CC4)C32)=C1. The van der Waals surface area contributed by atoms with Gasteiger partial charge >= 0.3 is 0 Å². The molecule has 1 saturated heterocycles. The first kappa shape index (κ1) is 32.7. The lowest BCUT2D eigenvalue weighted by atomic mass is 9.67. The predicted octanol–water partition coefficient (Wildman–Crippen LogP) is 9.49. The van der Waals surface area contributed by atoms with Crippen LogP contribution in [0.25, 0.3) is 11.1 Å². The van der Waals surface area contributed by atoms with E-state index in [1.54, 1.807) is 55.7 Å². The monoisotopic (exact) mass is 716 g/mol. The third kappa shape index (κ3) is 5.20. The summed E-state index contributed by atoms with van der Waals surface area (Å²) in [6.07, 6.45) is 53.0. The van der Waals surface area contributed by atoms with E-state index in [1.165, 1.54) is 48.2 Å². The second kappa shape index (κ2) is 13.0. The number of hydrogen-bond acceptors (Lipinski definition) is 2. The topological polar surface area (TPSA) is 15.3 Å². The molecule has 0 spiro atoms. The van der Waals surface area contributed by atoms with Crippen LogP contribution in [0.5, 0.6) is 0 Å². The summed E-state index contributed by atoms with van der Waals surface area (Å²) in [6.45, 7) is 2.32. The third-order valence-electron chi connectivity index (χ3n) is 15.2. The molecule has 2 aliphatic heterocycles. The Bertz CT molecular complexity index is 2440. The Labute approximate surface area is 326 Å². The molecule has 8 unspecified atom stereocenters. The number of rotatable bonds is 4. The van der Waals surface area contributed by atoms with E-state index >= 15 is 0 Å². The molecule has 0 bridgehead atoms. The van der Waals surface area contributed by atoms with E-state index in [4.69, 9.17) is 0 Å². The molecule has 12 rings (SSSR count). The van der Waals surface area contributed by atoms with Gasteiger partial charge in [-0.1, -0.05) is 139 Å². The van der Waals surface area contributed by atoms with E-state index in [0.717, 1.165) is 38.6 Å². The summed E-state index contributed by atoms with van der Waals surface area (Å²) < 4.78 is 0. The summed E-state index contributed by atoms with van der Waals surface area (Å²) in [7, 11) is 0. The fourth-order valence-corrected chi connectivity index (χ4v) is 12.7. The standard InChI is InChI=1S/C53H52N2/c1-3-13-35-29-39(24-22-33(35)11-1)49-43-17-5-6-18-44(43)50(40-25-23-34-12-2-4-14-36(34)30-40)53-46-27-26-41(42-19-10-20-45(51(42)46)52(49)53)37-15-9-16-38(31-37)47-32-55-28-8-7-21-48(55)54-47/h1-2,5-7,9-12,15-22,24,26-27,30,35,38,42,47-48,51-54H,3-4,8,13-14,23,25,28-29,31-32H2. The zero-order valence-corrected chi connectivity index (χ0v) is 32.0. The third-order valence-corrected chi connectivity index (χ3v) is 15.2. The summed E-state index contributed by atoms with van der Waals surface area (Å²) >= 11 is 0. The lowest BCUT2D eigenvalue weighted by molar-refractivity contribution is 0.272. The van der Waals surface area contributed by atoms with E-state index in [1.807, 2.05) is 0 Å². The first-order valence-corrected chi connectivity index (χ1v) is 21.6. The minimum atomic E-state index is 0.366. The summed E-state index contributed by atoms with van der Waals surface area (Å²) in [5, 5.41) is 6.98. The Morgan fingerprint density at radius 2 is 1.49 bits per heavy atom. The van der Waals surface area contributed by atoms with Gasteiger partial charge in [0.2, 0.25) is 0 Å². The number of allylic oxidation sites excluding steroid dienone is 23. The molecule has 11 aliphatic rings. The van der Waals surface area contributed by atoms with E-state index in [9.17, 15) is 0 Å². The largest absolute Gasteiger partial charge is 0.294 e. The van der Waals surface area contributed by atoms with Crippen molar-refractivity contribution in [1.29, 1.82) is 0 Å². The Kier molecular flexibility index (Phi) is 7.76. The van der Waals surface area contributed by atoms with Crippen molar-refractivity contribution < 1.29 is 0 Å². The summed E-state index contributed by atoms with van der Waals surface area (Å²) in [6, 6.07) is 10.1. The molecule has 0 radical (unpaired) electrons. The lowest BCUT2D eigenvalue weighted by Crippen LogP contribution is -2.40. The van der Waals surface area contributed by atoms with Crippen LogP contribution >= 0.6 is 0 Å². The highest BCUT2D eigenvalue weighted by atomic mass is 15.3. The lowest BCUT2D eigenvalue weighted by Gasteiger charge is -2.36. The van der Waals surface area contributed by atoms with Crippen LogP contribution in [0.3, 0.4) is 0 Å². The molecule has 1 N–H and O–H groups in total. The van der Waals surface area contributed by atoms with Crippen LogP contribution in [-0.4, -0.2) is 30.2 Å². The smallest absolute Gasteiger partial charge is 0.0792 e. The minimum Gasteiger partial charge on any atom is -0.294 e. The molecule has 2 nitrogen and oxygen atoms in total. The van der Waals surface area contributed by atoms with Crippen molar-refractivity contribution in [3.63, 3.8) is 0 Å². The maximum Gasteiger partial charge on any atom is 0.0792 e. The molecule has 1 aromatic carbocycles. The van der Waals surface area contributed by atoms with Crippen molar-refractivity contribution in [3.05, 3.63) is 188 Å². The molecule has 0 amide bonds. The Balaban J connectivity index is 0.989. The Morgan fingerprint density at radius 1 is 0.636 bits per heavy atom. The van der Waals surface area contributed by atoms with Gasteiger partial charge in [-0.05, 0) is 130 Å². The number of hydrogen-bond donors (Lipinski definition) is 1. The molecular weight excluding hydrogens is 665 g/mol. The quantitative estimate of drug-likeness (QED) is 0.313. The average Bonchev–Trinajstić information content (AvgIpc) is 3.83. The first-order chi connectivity index (χ1) is 27.3. The summed E-state index contributed by atoms with van der Waals surface area (Å²) in [4.78, 5) is 2.64. The van der Waals surface area contributed by atoms with Gasteiger partial charge in [-0.25, -0.2) is 0 Å². The second-order valence-corrected chi connectivity index (χ2v) is 17.9. The molecule has 0 aromatic heterocycles. The zero-order valence-electron chi connectivity index (χ0n) is 32.0. The second-order valence-electron chi connectivity index (χ2n) is 17.9. The van der Waals surface area contributed by atoms with Crippen LogP contribution in [0, 0.1) is 35.5 Å². The maximum absolute atomic E-state index is 3.99. The van der Waals surface area contributed by atoms with Crippen LogP contribution in [0.1, 0.15) is 57.8 Å². The highest BCUT2D eigenvalue weighted by Crippen LogP contribution is 2.62. The highest BCUT2D eigenvalue weighted by molar-refractivity contribution is 5.85. The Hall–Kier alpha value is -4.50. The first-order valence-electron chi connectivity index (χ1n) is 21.6. The van der Waals surface area contributed by atoms with Gasteiger partial charge in [0.1, 0.15) is 0 Å². The highest BCUT2D eigenvalue weighted by Gasteiger charge is 2.53. The van der Waals surface area contributed by atoms with Crippen molar-refractivity contribution in [2.24, 2.45) is 35.5 Å². The van der Waals surface area contributed by atoms with Gasteiger partial charge in [0.05, 0.1) is 6.17 Å². The van der Waals surface area contributed by atoms with Gasteiger partial charge in [-0.3, -0.25) is 10.2 Å². The van der Waals surface area contributed by atoms with Gasteiger partial charge in [0.15, 0.2) is 0 Å². The molecule has 1 aromatic rings. The molecule has 274 valence electrons. The van der Waals surface area contributed by atoms with Crippen LogP contribution in [0.15, 0.2) is 178 Å². The van der Waals surface area contributed by atoms with Crippen molar-refractivity contribution in [2.45, 2.75) is 70.0 Å². The molecule has 9 aliphatic carbocycles. The fraction of sp³-hybridized carbons (Fsp3) is 0.358. The average molecular weight is 717 g/mol. The predicted molar refractivity (Wildman–Crippen MR) is 227 cm³/mol. The molecule has 1 saturated carbocycles. The van der Waals surface area contributed by atoms with Gasteiger partial charge in [0.25, 0.3) is 0 Å². The van der Waals surface area contributed by atoms with Crippen molar-refractivity contribution >= 4 is 11.1 Å². The number of nitrogens with zero attached hydrogens (tertiary/aromatic N) is 1. The molecule has 55 heavy (non-hydrogen) atoms. The minimum absolute atomic E-state index is 0.366. The van der Waals surface area contributed by atoms with Gasteiger partial charge in [-0.15, -0.1) is 0 Å². The molecule has 2 heterocycles. The Morgan fingerprint density at radius 3 is 2.40 bits per heavy atom. The van der Waals surface area contributed by atoms with Crippen LogP contribution in [0.2, 0.25) is 0 Å². The number of nitrogens with one attached hydrogen (secondary N) is 1. The van der Waals surface area contributed by atoms with E-state index in [-0.39, 0.29) is 0 Å². The number of benzene rings is 1. The molecular formula is C53H52N2. The van der Waals surface area contributed by atoms with Crippen LogP contribution in [0.4, 0.5) is 0 Å². The van der Waals surface area contributed by atoms with Crippen LogP contribution < -0.4 is 15.8 Å². The van der Waals surface area contributed by atoms with Gasteiger partial charge < -0.3 is 0 Å². The van der Waals surface area contributed by atoms with Crippen LogP contribution in [-0.2, 0) is 0 Å². The van der Waals surface area contributed by atoms with Gasteiger partial charge in [-0.2, -0.15) is 0 Å².